The second-order valence-corrected chi connectivity index (χ2v) is 6.80. The van der Waals surface area contributed by atoms with Crippen molar-refractivity contribution in [3.05, 3.63) is 70.1 Å². The normalized spacial score (nSPS) is 10.6. The van der Waals surface area contributed by atoms with Crippen LogP contribution in [0.1, 0.15) is 32.2 Å². The fourth-order valence-electron chi connectivity index (χ4n) is 2.72. The highest BCUT2D eigenvalue weighted by Crippen LogP contribution is 2.17. The van der Waals surface area contributed by atoms with Crippen LogP contribution in [0.5, 0.6) is 5.75 Å². The number of halogens is 1. The number of pyridine rings is 1. The van der Waals surface area contributed by atoms with Crippen molar-refractivity contribution in [2.24, 2.45) is 0 Å². The molecule has 1 aromatic carbocycles. The monoisotopic (exact) mass is 413 g/mol. The minimum atomic E-state index is -0.447. The minimum Gasteiger partial charge on any atom is -0.508 e. The summed E-state index contributed by atoms with van der Waals surface area (Å²) in [5.74, 6) is -0.175. The number of carbonyl (C=O) groups excluding carboxylic acids is 2. The number of hydrogen-bond donors (Lipinski definition) is 3. The van der Waals surface area contributed by atoms with Crippen LogP contribution in [0.15, 0.2) is 42.5 Å². The Balaban J connectivity index is 1.59. The van der Waals surface area contributed by atoms with Gasteiger partial charge in [0.1, 0.15) is 11.4 Å². The topological polar surface area (TPSA) is 109 Å². The Morgan fingerprint density at radius 1 is 1.03 bits per heavy atom. The molecule has 0 aliphatic heterocycles. The average molecular weight is 414 g/mol. The third-order valence-electron chi connectivity index (χ3n) is 4.10. The van der Waals surface area contributed by atoms with E-state index in [1.165, 1.54) is 24.3 Å². The third-order valence-corrected chi connectivity index (χ3v) is 4.40. The number of phenols is 1. The van der Waals surface area contributed by atoms with E-state index in [0.29, 0.717) is 11.4 Å². The van der Waals surface area contributed by atoms with Crippen molar-refractivity contribution in [1.82, 2.24) is 25.4 Å². The highest BCUT2D eigenvalue weighted by Gasteiger charge is 2.15. The predicted octanol–water partition coefficient (Wildman–Crippen LogP) is 2.40. The van der Waals surface area contributed by atoms with Crippen LogP contribution >= 0.6 is 11.6 Å². The van der Waals surface area contributed by atoms with Gasteiger partial charge in [0.15, 0.2) is 5.82 Å². The summed E-state index contributed by atoms with van der Waals surface area (Å²) in [6, 6.07) is 11.1. The zero-order valence-electron chi connectivity index (χ0n) is 15.9. The molecule has 0 atom stereocenters. The second kappa shape index (κ2) is 8.74. The van der Waals surface area contributed by atoms with Crippen molar-refractivity contribution in [2.75, 3.05) is 13.1 Å². The van der Waals surface area contributed by atoms with Crippen LogP contribution in [-0.4, -0.2) is 44.8 Å². The Morgan fingerprint density at radius 2 is 1.69 bits per heavy atom. The van der Waals surface area contributed by atoms with Gasteiger partial charge in [-0.3, -0.25) is 9.59 Å². The first-order valence-corrected chi connectivity index (χ1v) is 9.28. The Bertz CT molecular complexity index is 1050. The molecule has 0 radical (unpaired) electrons. The lowest BCUT2D eigenvalue weighted by Crippen LogP contribution is -2.35. The van der Waals surface area contributed by atoms with Crippen LogP contribution < -0.4 is 10.6 Å². The van der Waals surface area contributed by atoms with Gasteiger partial charge in [-0.15, -0.1) is 0 Å². The van der Waals surface area contributed by atoms with Crippen molar-refractivity contribution in [3.8, 4) is 11.6 Å². The molecule has 0 fully saturated rings. The van der Waals surface area contributed by atoms with Crippen molar-refractivity contribution >= 4 is 23.4 Å². The molecule has 8 nitrogen and oxygen atoms in total. The number of aromatic hydroxyl groups is 1. The summed E-state index contributed by atoms with van der Waals surface area (Å²) in [4.78, 5) is 28.8. The predicted molar refractivity (Wildman–Crippen MR) is 109 cm³/mol. The highest BCUT2D eigenvalue weighted by atomic mass is 35.5. The summed E-state index contributed by atoms with van der Waals surface area (Å²) in [7, 11) is 0. The Labute approximate surface area is 172 Å². The van der Waals surface area contributed by atoms with Gasteiger partial charge in [0, 0.05) is 24.3 Å². The number of phenolic OH excluding ortho intramolecular Hbond substituents is 1. The summed E-state index contributed by atoms with van der Waals surface area (Å²) in [5.41, 5.74) is 2.23. The number of rotatable bonds is 6. The maximum atomic E-state index is 12.5. The first-order valence-electron chi connectivity index (χ1n) is 8.91. The number of nitrogens with one attached hydrogen (secondary N) is 2. The van der Waals surface area contributed by atoms with Crippen molar-refractivity contribution in [2.45, 2.75) is 13.8 Å². The fraction of sp³-hybridized carbons (Fsp3) is 0.200. The number of hydrogen-bond acceptors (Lipinski definition) is 5. The second-order valence-electron chi connectivity index (χ2n) is 6.40. The average Bonchev–Trinajstić information content (AvgIpc) is 3.04. The Hall–Kier alpha value is -3.39. The van der Waals surface area contributed by atoms with E-state index >= 15 is 0 Å². The molecule has 3 aromatic rings. The SMILES string of the molecule is Cc1cc(C)n(-c2ccc(Cl)c(C(=O)NCCNC(=O)c3ccc(O)cc3)n2)n1. The Kier molecular flexibility index (Phi) is 6.13. The number of aromatic nitrogens is 3. The van der Waals surface area contributed by atoms with Crippen LogP contribution in [0.25, 0.3) is 5.82 Å². The number of nitrogens with zero attached hydrogens (tertiary/aromatic N) is 3. The molecule has 3 N–H and O–H groups in total. The summed E-state index contributed by atoms with van der Waals surface area (Å²) < 4.78 is 1.64. The standard InChI is InChI=1S/C20H20ClN5O3/c1-12-11-13(2)26(25-12)17-8-7-16(21)18(24-17)20(29)23-10-9-22-19(28)14-3-5-15(27)6-4-14/h3-8,11,27H,9-10H2,1-2H3,(H,22,28)(H,23,29). The fourth-order valence-corrected chi connectivity index (χ4v) is 2.91. The van der Waals surface area contributed by atoms with Crippen molar-refractivity contribution < 1.29 is 14.7 Å². The van der Waals surface area contributed by atoms with Crippen molar-refractivity contribution in [1.29, 1.82) is 0 Å². The van der Waals surface area contributed by atoms with Gasteiger partial charge in [0.2, 0.25) is 0 Å². The van der Waals surface area contributed by atoms with E-state index in [1.807, 2.05) is 19.9 Å². The molecular formula is C20H20ClN5O3. The lowest BCUT2D eigenvalue weighted by atomic mass is 10.2. The molecule has 2 amide bonds. The molecule has 9 heteroatoms. The van der Waals surface area contributed by atoms with Crippen LogP contribution in [-0.2, 0) is 0 Å². The van der Waals surface area contributed by atoms with Crippen LogP contribution in [0.4, 0.5) is 0 Å². The maximum absolute atomic E-state index is 12.5. The van der Waals surface area contributed by atoms with E-state index in [4.69, 9.17) is 11.6 Å². The van der Waals surface area contributed by atoms with Gasteiger partial charge in [0.05, 0.1) is 10.7 Å². The van der Waals surface area contributed by atoms with E-state index < -0.39 is 5.91 Å². The lowest BCUT2D eigenvalue weighted by molar-refractivity contribution is 0.0925. The van der Waals surface area contributed by atoms with Gasteiger partial charge in [0.25, 0.3) is 11.8 Å². The minimum absolute atomic E-state index is 0.0842. The third kappa shape index (κ3) is 4.91. The number of aryl methyl sites for hydroxylation is 2. The molecule has 29 heavy (non-hydrogen) atoms. The van der Waals surface area contributed by atoms with E-state index in [0.717, 1.165) is 11.4 Å². The summed E-state index contributed by atoms with van der Waals surface area (Å²) in [5, 5.41) is 19.2. The van der Waals surface area contributed by atoms with E-state index in [-0.39, 0.29) is 35.5 Å². The molecule has 0 unspecified atom stereocenters. The van der Waals surface area contributed by atoms with E-state index in [1.54, 1.807) is 16.8 Å². The zero-order valence-corrected chi connectivity index (χ0v) is 16.7. The molecule has 150 valence electrons. The van der Waals surface area contributed by atoms with E-state index in [2.05, 4.69) is 20.7 Å². The molecule has 0 aliphatic carbocycles. The molecule has 3 rings (SSSR count). The van der Waals surface area contributed by atoms with Gasteiger partial charge in [-0.2, -0.15) is 5.10 Å². The van der Waals surface area contributed by atoms with Gasteiger partial charge in [-0.05, 0) is 56.3 Å². The number of carbonyl (C=O) groups is 2. The summed E-state index contributed by atoms with van der Waals surface area (Å²) in [6.07, 6.45) is 0. The maximum Gasteiger partial charge on any atom is 0.271 e. The summed E-state index contributed by atoms with van der Waals surface area (Å²) >= 11 is 6.14. The molecule has 0 saturated carbocycles. The molecular weight excluding hydrogens is 394 g/mol. The number of benzene rings is 1. The van der Waals surface area contributed by atoms with Gasteiger partial charge < -0.3 is 15.7 Å². The summed E-state index contributed by atoms with van der Waals surface area (Å²) in [6.45, 7) is 4.19. The number of amides is 2. The first kappa shape index (κ1) is 20.3. The van der Waals surface area contributed by atoms with Gasteiger partial charge >= 0.3 is 0 Å². The lowest BCUT2D eigenvalue weighted by Gasteiger charge is -2.10. The van der Waals surface area contributed by atoms with Crippen molar-refractivity contribution in [3.63, 3.8) is 0 Å². The quantitative estimate of drug-likeness (QED) is 0.537. The smallest absolute Gasteiger partial charge is 0.271 e. The Morgan fingerprint density at radius 3 is 2.31 bits per heavy atom. The van der Waals surface area contributed by atoms with Gasteiger partial charge in [-0.1, -0.05) is 11.6 Å². The van der Waals surface area contributed by atoms with E-state index in [9.17, 15) is 14.7 Å². The largest absolute Gasteiger partial charge is 0.508 e. The molecule has 0 bridgehead atoms. The molecule has 0 spiro atoms. The molecule has 2 heterocycles. The van der Waals surface area contributed by atoms with Crippen LogP contribution in [0.2, 0.25) is 5.02 Å². The molecule has 0 aliphatic rings. The van der Waals surface area contributed by atoms with Crippen LogP contribution in [0.3, 0.4) is 0 Å². The molecule has 2 aromatic heterocycles. The van der Waals surface area contributed by atoms with Crippen LogP contribution in [0, 0.1) is 13.8 Å². The zero-order chi connectivity index (χ0) is 21.0. The first-order chi connectivity index (χ1) is 13.8. The molecule has 0 saturated heterocycles. The van der Waals surface area contributed by atoms with Gasteiger partial charge in [-0.25, -0.2) is 9.67 Å². The highest BCUT2D eigenvalue weighted by molar-refractivity contribution is 6.33.